The van der Waals surface area contributed by atoms with E-state index in [-0.39, 0.29) is 30.6 Å². The Kier molecular flexibility index (Phi) is 6.94. The Hall–Kier alpha value is -3.07. The minimum absolute atomic E-state index is 0.109. The lowest BCUT2D eigenvalue weighted by Gasteiger charge is -2.17. The number of carbonyl (C=O) groups excluding carboxylic acids is 1. The molecule has 1 heterocycles. The number of thioether (sulfide) groups is 1. The number of aromatic nitrogens is 3. The number of carbonyl (C=O) groups is 1. The highest BCUT2D eigenvalue weighted by Crippen LogP contribution is 2.23. The quantitative estimate of drug-likeness (QED) is 0.437. The molecule has 0 aliphatic heterocycles. The third kappa shape index (κ3) is 5.10. The minimum atomic E-state index is -0.333. The highest BCUT2D eigenvalue weighted by atomic mass is 32.2. The second-order valence-electron chi connectivity index (χ2n) is 6.91. The molecular weight excluding hydrogens is 405 g/mol. The van der Waals surface area contributed by atoms with Crippen LogP contribution in [0.1, 0.15) is 22.5 Å². The Morgan fingerprint density at radius 2 is 1.87 bits per heavy atom. The summed E-state index contributed by atoms with van der Waals surface area (Å²) in [5.41, 5.74) is 2.51. The van der Waals surface area contributed by atoms with Crippen LogP contribution in [0.25, 0.3) is 0 Å². The maximum absolute atomic E-state index is 13.8. The zero-order valence-electron chi connectivity index (χ0n) is 17.1. The summed E-state index contributed by atoms with van der Waals surface area (Å²) in [4.78, 5) is 13.9. The number of rotatable bonds is 8. The van der Waals surface area contributed by atoms with Crippen LogP contribution in [-0.2, 0) is 17.9 Å². The molecule has 30 heavy (non-hydrogen) atoms. The number of para-hydroxylation sites is 1. The Morgan fingerprint density at radius 1 is 1.17 bits per heavy atom. The van der Waals surface area contributed by atoms with Crippen molar-refractivity contribution < 1.29 is 13.9 Å². The van der Waals surface area contributed by atoms with Crippen molar-refractivity contribution in [1.29, 1.82) is 0 Å². The van der Waals surface area contributed by atoms with Crippen LogP contribution in [-0.4, -0.2) is 38.5 Å². The SMILES string of the molecule is Cc1cccc(C)c1OCc1nnc(SCC(=O)N(C)Cc2ccccc2F)n1N. The summed E-state index contributed by atoms with van der Waals surface area (Å²) in [7, 11) is 1.63. The van der Waals surface area contributed by atoms with Crippen molar-refractivity contribution in [2.24, 2.45) is 0 Å². The van der Waals surface area contributed by atoms with Crippen molar-refractivity contribution in [3.05, 3.63) is 70.8 Å². The van der Waals surface area contributed by atoms with Crippen LogP contribution in [0.2, 0.25) is 0 Å². The lowest BCUT2D eigenvalue weighted by molar-refractivity contribution is -0.127. The van der Waals surface area contributed by atoms with Gasteiger partial charge in [0.1, 0.15) is 18.2 Å². The number of nitrogen functional groups attached to an aromatic ring is 1. The maximum atomic E-state index is 13.8. The smallest absolute Gasteiger partial charge is 0.233 e. The molecule has 0 saturated carbocycles. The first kappa shape index (κ1) is 21.6. The van der Waals surface area contributed by atoms with Crippen LogP contribution < -0.4 is 10.6 Å². The molecule has 2 N–H and O–H groups in total. The standard InChI is InChI=1S/C21H24FN5O2S/c1-14-7-6-8-15(2)20(14)29-12-18-24-25-21(27(18)23)30-13-19(28)26(3)11-16-9-4-5-10-17(16)22/h4-10H,11-13,23H2,1-3H3. The highest BCUT2D eigenvalue weighted by molar-refractivity contribution is 7.99. The molecule has 158 valence electrons. The Morgan fingerprint density at radius 3 is 2.57 bits per heavy atom. The van der Waals surface area contributed by atoms with Crippen LogP contribution in [0.15, 0.2) is 47.6 Å². The van der Waals surface area contributed by atoms with Gasteiger partial charge in [-0.3, -0.25) is 4.79 Å². The fraction of sp³-hybridized carbons (Fsp3) is 0.286. The molecule has 1 amide bonds. The third-order valence-corrected chi connectivity index (χ3v) is 5.53. The van der Waals surface area contributed by atoms with Gasteiger partial charge < -0.3 is 15.5 Å². The summed E-state index contributed by atoms with van der Waals surface area (Å²) in [5.74, 6) is 6.92. The van der Waals surface area contributed by atoms with Crippen LogP contribution in [0, 0.1) is 19.7 Å². The van der Waals surface area contributed by atoms with Crippen molar-refractivity contribution in [3.63, 3.8) is 0 Å². The lowest BCUT2D eigenvalue weighted by atomic mass is 10.1. The molecule has 0 aliphatic carbocycles. The summed E-state index contributed by atoms with van der Waals surface area (Å²) in [6.07, 6.45) is 0. The van der Waals surface area contributed by atoms with Crippen molar-refractivity contribution in [2.45, 2.75) is 32.2 Å². The van der Waals surface area contributed by atoms with Crippen molar-refractivity contribution in [3.8, 4) is 5.75 Å². The van der Waals surface area contributed by atoms with E-state index in [4.69, 9.17) is 10.6 Å². The van der Waals surface area contributed by atoms with Gasteiger partial charge in [0, 0.05) is 19.2 Å². The molecule has 0 radical (unpaired) electrons. The molecule has 2 aromatic carbocycles. The van der Waals surface area contributed by atoms with E-state index in [9.17, 15) is 9.18 Å². The fourth-order valence-electron chi connectivity index (χ4n) is 2.87. The van der Waals surface area contributed by atoms with Gasteiger partial charge in [0.25, 0.3) is 0 Å². The minimum Gasteiger partial charge on any atom is -0.485 e. The van der Waals surface area contributed by atoms with E-state index in [0.29, 0.717) is 16.5 Å². The Labute approximate surface area is 179 Å². The second-order valence-corrected chi connectivity index (χ2v) is 7.85. The van der Waals surface area contributed by atoms with Crippen LogP contribution in [0.5, 0.6) is 5.75 Å². The van der Waals surface area contributed by atoms with Crippen LogP contribution >= 0.6 is 11.8 Å². The molecule has 9 heteroatoms. The van der Waals surface area contributed by atoms with Crippen molar-refractivity contribution >= 4 is 17.7 Å². The van der Waals surface area contributed by atoms with Gasteiger partial charge in [-0.2, -0.15) is 0 Å². The van der Waals surface area contributed by atoms with Gasteiger partial charge >= 0.3 is 0 Å². The molecule has 0 saturated heterocycles. The largest absolute Gasteiger partial charge is 0.485 e. The van der Waals surface area contributed by atoms with E-state index < -0.39 is 0 Å². The molecular formula is C21H24FN5O2S. The predicted molar refractivity (Wildman–Crippen MR) is 114 cm³/mol. The number of hydrogen-bond donors (Lipinski definition) is 1. The average Bonchev–Trinajstić information content (AvgIpc) is 3.07. The molecule has 0 unspecified atom stereocenters. The predicted octanol–water partition coefficient (Wildman–Crippen LogP) is 3.08. The van der Waals surface area contributed by atoms with Crippen LogP contribution in [0.3, 0.4) is 0 Å². The number of ether oxygens (including phenoxy) is 1. The topological polar surface area (TPSA) is 86.3 Å². The van der Waals surface area contributed by atoms with Gasteiger partial charge in [-0.05, 0) is 31.0 Å². The van der Waals surface area contributed by atoms with E-state index in [2.05, 4.69) is 10.2 Å². The molecule has 1 aromatic heterocycles. The van der Waals surface area contributed by atoms with E-state index in [1.165, 1.54) is 27.4 Å². The van der Waals surface area contributed by atoms with Gasteiger partial charge in [-0.1, -0.05) is 48.2 Å². The molecule has 3 aromatic rings. The van der Waals surface area contributed by atoms with Crippen molar-refractivity contribution in [1.82, 2.24) is 19.8 Å². The molecule has 7 nitrogen and oxygen atoms in total. The normalized spacial score (nSPS) is 10.8. The second kappa shape index (κ2) is 9.62. The zero-order chi connectivity index (χ0) is 21.7. The number of hydrogen-bond acceptors (Lipinski definition) is 6. The van der Waals surface area contributed by atoms with Gasteiger partial charge in [0.2, 0.25) is 11.1 Å². The summed E-state index contributed by atoms with van der Waals surface area (Å²) in [6, 6.07) is 12.3. The Bertz CT molecular complexity index is 1020. The summed E-state index contributed by atoms with van der Waals surface area (Å²) in [6.45, 7) is 4.30. The Balaban J connectivity index is 1.56. The molecule has 0 fully saturated rings. The van der Waals surface area contributed by atoms with E-state index in [1.807, 2.05) is 32.0 Å². The first-order valence-electron chi connectivity index (χ1n) is 9.35. The average molecular weight is 430 g/mol. The highest BCUT2D eigenvalue weighted by Gasteiger charge is 2.16. The van der Waals surface area contributed by atoms with E-state index >= 15 is 0 Å². The van der Waals surface area contributed by atoms with Gasteiger partial charge in [0.15, 0.2) is 5.82 Å². The summed E-state index contributed by atoms with van der Waals surface area (Å²) < 4.78 is 21.0. The molecule has 0 spiro atoms. The number of benzene rings is 2. The summed E-state index contributed by atoms with van der Waals surface area (Å²) in [5, 5.41) is 8.51. The number of halogens is 1. The van der Waals surface area contributed by atoms with Gasteiger partial charge in [0.05, 0.1) is 5.75 Å². The molecule has 0 aliphatic rings. The van der Waals surface area contributed by atoms with Crippen LogP contribution in [0.4, 0.5) is 4.39 Å². The number of nitrogens with zero attached hydrogens (tertiary/aromatic N) is 4. The van der Waals surface area contributed by atoms with Crippen molar-refractivity contribution in [2.75, 3.05) is 18.6 Å². The number of nitrogens with two attached hydrogens (primary N) is 1. The van der Waals surface area contributed by atoms with Gasteiger partial charge in [-0.25, -0.2) is 9.07 Å². The molecule has 0 atom stereocenters. The zero-order valence-corrected chi connectivity index (χ0v) is 17.9. The number of amides is 1. The first-order chi connectivity index (χ1) is 14.4. The third-order valence-electron chi connectivity index (χ3n) is 4.61. The van der Waals surface area contributed by atoms with E-state index in [1.54, 1.807) is 25.2 Å². The molecule has 3 rings (SSSR count). The van der Waals surface area contributed by atoms with Gasteiger partial charge in [-0.15, -0.1) is 10.2 Å². The molecule has 0 bridgehead atoms. The van der Waals surface area contributed by atoms with E-state index in [0.717, 1.165) is 16.9 Å². The fourth-order valence-corrected chi connectivity index (χ4v) is 3.69. The first-order valence-corrected chi connectivity index (χ1v) is 10.3. The monoisotopic (exact) mass is 429 g/mol. The summed E-state index contributed by atoms with van der Waals surface area (Å²) >= 11 is 1.17. The maximum Gasteiger partial charge on any atom is 0.233 e. The lowest BCUT2D eigenvalue weighted by Crippen LogP contribution is -2.28. The number of aryl methyl sites for hydroxylation is 2.